The van der Waals surface area contributed by atoms with Crippen molar-refractivity contribution in [1.82, 2.24) is 5.32 Å². The van der Waals surface area contributed by atoms with Gasteiger partial charge in [0.05, 0.1) is 6.54 Å². The lowest BCUT2D eigenvalue weighted by Gasteiger charge is -2.29. The summed E-state index contributed by atoms with van der Waals surface area (Å²) < 4.78 is 0. The molecule has 0 aromatic heterocycles. The number of allylic oxidation sites excluding steroid dienone is 1. The van der Waals surface area contributed by atoms with Crippen molar-refractivity contribution in [1.29, 1.82) is 0 Å². The van der Waals surface area contributed by atoms with Gasteiger partial charge in [-0.2, -0.15) is 0 Å². The molecule has 0 aromatic rings. The van der Waals surface area contributed by atoms with Crippen molar-refractivity contribution >= 4 is 5.96 Å². The van der Waals surface area contributed by atoms with Crippen LogP contribution in [0.3, 0.4) is 0 Å². The van der Waals surface area contributed by atoms with Crippen LogP contribution in [-0.4, -0.2) is 19.0 Å². The van der Waals surface area contributed by atoms with E-state index in [9.17, 15) is 0 Å². The average molecular weight is 237 g/mol. The third-order valence-electron chi connectivity index (χ3n) is 3.36. The van der Waals surface area contributed by atoms with Crippen LogP contribution in [0.1, 0.15) is 52.9 Å². The van der Waals surface area contributed by atoms with E-state index in [-0.39, 0.29) is 5.41 Å². The molecule has 1 aliphatic carbocycles. The molecule has 3 N–H and O–H groups in total. The predicted octanol–water partition coefficient (Wildman–Crippen LogP) is 2.83. The van der Waals surface area contributed by atoms with Gasteiger partial charge in [-0.05, 0) is 32.1 Å². The van der Waals surface area contributed by atoms with E-state index in [1.54, 1.807) is 5.57 Å². The molecule has 0 atom stereocenters. The van der Waals surface area contributed by atoms with Crippen LogP contribution in [0.15, 0.2) is 16.6 Å². The molecule has 17 heavy (non-hydrogen) atoms. The van der Waals surface area contributed by atoms with E-state index >= 15 is 0 Å². The van der Waals surface area contributed by atoms with Crippen LogP contribution in [0.4, 0.5) is 0 Å². The summed E-state index contributed by atoms with van der Waals surface area (Å²) >= 11 is 0. The molecule has 1 aliphatic rings. The third-order valence-corrected chi connectivity index (χ3v) is 3.36. The Balaban J connectivity index is 2.50. The van der Waals surface area contributed by atoms with Crippen molar-refractivity contribution in [3.8, 4) is 0 Å². The molecule has 0 spiro atoms. The van der Waals surface area contributed by atoms with E-state index in [2.05, 4.69) is 37.2 Å². The van der Waals surface area contributed by atoms with E-state index in [0.29, 0.717) is 5.96 Å². The van der Waals surface area contributed by atoms with Crippen molar-refractivity contribution in [2.24, 2.45) is 16.1 Å². The molecule has 0 aliphatic heterocycles. The molecule has 0 fully saturated rings. The molecule has 0 saturated carbocycles. The van der Waals surface area contributed by atoms with Gasteiger partial charge in [-0.1, -0.05) is 32.4 Å². The Labute approximate surface area is 106 Å². The van der Waals surface area contributed by atoms with Gasteiger partial charge in [0, 0.05) is 12.0 Å². The summed E-state index contributed by atoms with van der Waals surface area (Å²) in [5.41, 5.74) is 7.52. The van der Waals surface area contributed by atoms with Crippen molar-refractivity contribution in [2.45, 2.75) is 52.9 Å². The minimum absolute atomic E-state index is 0.152. The SMILES string of the molecule is CCCNC(N)=NCC(C)(C)C1=CCCCC1. The van der Waals surface area contributed by atoms with E-state index in [1.807, 2.05) is 0 Å². The zero-order chi connectivity index (χ0) is 12.7. The van der Waals surface area contributed by atoms with Crippen LogP contribution in [-0.2, 0) is 0 Å². The van der Waals surface area contributed by atoms with Gasteiger partial charge in [0.1, 0.15) is 0 Å². The first-order valence-electron chi connectivity index (χ1n) is 6.79. The Hall–Kier alpha value is -0.990. The van der Waals surface area contributed by atoms with Crippen molar-refractivity contribution in [2.75, 3.05) is 13.1 Å². The van der Waals surface area contributed by atoms with Crippen LogP contribution in [0.5, 0.6) is 0 Å². The molecular formula is C14H27N3. The molecular weight excluding hydrogens is 210 g/mol. The van der Waals surface area contributed by atoms with Crippen molar-refractivity contribution in [3.05, 3.63) is 11.6 Å². The van der Waals surface area contributed by atoms with Gasteiger partial charge >= 0.3 is 0 Å². The molecule has 0 unspecified atom stereocenters. The van der Waals surface area contributed by atoms with E-state index in [4.69, 9.17) is 5.73 Å². The maximum Gasteiger partial charge on any atom is 0.188 e. The Kier molecular flexibility index (Phi) is 5.52. The molecule has 3 heteroatoms. The minimum Gasteiger partial charge on any atom is -0.370 e. The van der Waals surface area contributed by atoms with Gasteiger partial charge in [0.25, 0.3) is 0 Å². The number of nitrogens with zero attached hydrogens (tertiary/aromatic N) is 1. The first-order valence-corrected chi connectivity index (χ1v) is 6.79. The molecule has 0 amide bonds. The summed E-state index contributed by atoms with van der Waals surface area (Å²) in [6.45, 7) is 8.33. The van der Waals surface area contributed by atoms with Crippen LogP contribution < -0.4 is 11.1 Å². The van der Waals surface area contributed by atoms with E-state index in [0.717, 1.165) is 19.5 Å². The van der Waals surface area contributed by atoms with Gasteiger partial charge in [-0.25, -0.2) is 0 Å². The Morgan fingerprint density at radius 2 is 2.24 bits per heavy atom. The fourth-order valence-corrected chi connectivity index (χ4v) is 2.15. The second-order valence-corrected chi connectivity index (χ2v) is 5.49. The Bertz CT molecular complexity index is 290. The standard InChI is InChI=1S/C14H27N3/c1-4-10-16-13(15)17-11-14(2,3)12-8-6-5-7-9-12/h8H,4-7,9-11H2,1-3H3,(H3,15,16,17). The number of aliphatic imine (C=N–C) groups is 1. The van der Waals surface area contributed by atoms with Crippen LogP contribution >= 0.6 is 0 Å². The van der Waals surface area contributed by atoms with Crippen LogP contribution in [0, 0.1) is 5.41 Å². The summed E-state index contributed by atoms with van der Waals surface area (Å²) in [7, 11) is 0. The third kappa shape index (κ3) is 4.80. The largest absolute Gasteiger partial charge is 0.370 e. The number of hydrogen-bond donors (Lipinski definition) is 2. The highest BCUT2D eigenvalue weighted by Crippen LogP contribution is 2.33. The number of nitrogens with one attached hydrogen (secondary N) is 1. The first kappa shape index (κ1) is 14.1. The maximum atomic E-state index is 5.82. The van der Waals surface area contributed by atoms with E-state index < -0.39 is 0 Å². The predicted molar refractivity (Wildman–Crippen MR) is 75.1 cm³/mol. The number of hydrogen-bond acceptors (Lipinski definition) is 1. The smallest absolute Gasteiger partial charge is 0.188 e. The van der Waals surface area contributed by atoms with Gasteiger partial charge in [-0.3, -0.25) is 4.99 Å². The van der Waals surface area contributed by atoms with Gasteiger partial charge in [0.2, 0.25) is 0 Å². The lowest BCUT2D eigenvalue weighted by atomic mass is 9.79. The summed E-state index contributed by atoms with van der Waals surface area (Å²) in [6, 6.07) is 0. The van der Waals surface area contributed by atoms with Crippen molar-refractivity contribution in [3.63, 3.8) is 0 Å². The molecule has 1 rings (SSSR count). The number of nitrogens with two attached hydrogens (primary N) is 1. The zero-order valence-corrected chi connectivity index (χ0v) is 11.6. The lowest BCUT2D eigenvalue weighted by Crippen LogP contribution is -2.33. The molecule has 0 aromatic carbocycles. The Morgan fingerprint density at radius 1 is 1.47 bits per heavy atom. The molecule has 0 bridgehead atoms. The lowest BCUT2D eigenvalue weighted by molar-refractivity contribution is 0.426. The van der Waals surface area contributed by atoms with Crippen LogP contribution in [0.2, 0.25) is 0 Å². The highest BCUT2D eigenvalue weighted by atomic mass is 15.1. The Morgan fingerprint density at radius 3 is 2.82 bits per heavy atom. The number of guanidine groups is 1. The molecule has 0 heterocycles. The first-order chi connectivity index (χ1) is 8.06. The zero-order valence-electron chi connectivity index (χ0n) is 11.6. The molecule has 98 valence electrons. The highest BCUT2D eigenvalue weighted by molar-refractivity contribution is 5.77. The van der Waals surface area contributed by atoms with Crippen molar-refractivity contribution < 1.29 is 0 Å². The van der Waals surface area contributed by atoms with Gasteiger partial charge in [-0.15, -0.1) is 0 Å². The molecule has 0 radical (unpaired) electrons. The highest BCUT2D eigenvalue weighted by Gasteiger charge is 2.23. The topological polar surface area (TPSA) is 50.4 Å². The second kappa shape index (κ2) is 6.67. The van der Waals surface area contributed by atoms with Gasteiger partial charge in [0.15, 0.2) is 5.96 Å². The fraction of sp³-hybridized carbons (Fsp3) is 0.786. The summed E-state index contributed by atoms with van der Waals surface area (Å²) in [5, 5.41) is 3.12. The van der Waals surface area contributed by atoms with Gasteiger partial charge < -0.3 is 11.1 Å². The summed E-state index contributed by atoms with van der Waals surface area (Å²) in [6.07, 6.45) is 8.59. The second-order valence-electron chi connectivity index (χ2n) is 5.49. The monoisotopic (exact) mass is 237 g/mol. The average Bonchev–Trinajstić information content (AvgIpc) is 2.35. The summed E-state index contributed by atoms with van der Waals surface area (Å²) in [4.78, 5) is 4.45. The summed E-state index contributed by atoms with van der Waals surface area (Å²) in [5.74, 6) is 0.580. The minimum atomic E-state index is 0.152. The van der Waals surface area contributed by atoms with E-state index in [1.165, 1.54) is 25.7 Å². The molecule has 3 nitrogen and oxygen atoms in total. The number of rotatable bonds is 5. The maximum absolute atomic E-state index is 5.82. The van der Waals surface area contributed by atoms with Crippen LogP contribution in [0.25, 0.3) is 0 Å². The molecule has 0 saturated heterocycles. The fourth-order valence-electron chi connectivity index (χ4n) is 2.15. The quantitative estimate of drug-likeness (QED) is 0.439. The normalized spacial score (nSPS) is 17.8.